The van der Waals surface area contributed by atoms with E-state index in [0.29, 0.717) is 18.1 Å². The lowest BCUT2D eigenvalue weighted by Gasteiger charge is -2.12. The van der Waals surface area contributed by atoms with Crippen molar-refractivity contribution in [3.8, 4) is 11.5 Å². The Labute approximate surface area is 126 Å². The highest BCUT2D eigenvalue weighted by atomic mass is 16.6. The molecular weight excluding hydrogens is 270 g/mol. The van der Waals surface area contributed by atoms with E-state index in [4.69, 9.17) is 14.2 Å². The molecule has 5 nitrogen and oxygen atoms in total. The molecule has 5 heteroatoms. The largest absolute Gasteiger partial charge is 0.493 e. The molecule has 0 fully saturated rings. The van der Waals surface area contributed by atoms with Gasteiger partial charge in [0, 0.05) is 6.54 Å². The maximum atomic E-state index is 11.5. The van der Waals surface area contributed by atoms with Crippen molar-refractivity contribution in [3.05, 3.63) is 23.8 Å². The van der Waals surface area contributed by atoms with Crippen LogP contribution >= 0.6 is 0 Å². The number of methoxy groups -OCH3 is 1. The molecule has 1 aromatic rings. The van der Waals surface area contributed by atoms with Crippen LogP contribution in [0.15, 0.2) is 18.2 Å². The van der Waals surface area contributed by atoms with Crippen LogP contribution in [-0.2, 0) is 16.1 Å². The lowest BCUT2D eigenvalue weighted by Crippen LogP contribution is -2.16. The third-order valence-electron chi connectivity index (χ3n) is 2.91. The van der Waals surface area contributed by atoms with Crippen LogP contribution < -0.4 is 14.8 Å². The zero-order chi connectivity index (χ0) is 15.5. The summed E-state index contributed by atoms with van der Waals surface area (Å²) in [7, 11) is 1.58. The van der Waals surface area contributed by atoms with Gasteiger partial charge in [0.2, 0.25) is 0 Å². The van der Waals surface area contributed by atoms with E-state index in [9.17, 15) is 4.79 Å². The summed E-state index contributed by atoms with van der Waals surface area (Å²) < 4.78 is 15.8. The number of esters is 1. The van der Waals surface area contributed by atoms with Crippen molar-refractivity contribution < 1.29 is 19.0 Å². The van der Waals surface area contributed by atoms with Crippen molar-refractivity contribution in [1.82, 2.24) is 5.32 Å². The first-order valence-electron chi connectivity index (χ1n) is 7.37. The fourth-order valence-corrected chi connectivity index (χ4v) is 1.72. The second-order valence-electron chi connectivity index (χ2n) is 4.63. The van der Waals surface area contributed by atoms with Gasteiger partial charge >= 0.3 is 5.97 Å². The van der Waals surface area contributed by atoms with Gasteiger partial charge in [-0.05, 0) is 30.7 Å². The molecule has 0 aliphatic heterocycles. The van der Waals surface area contributed by atoms with Crippen LogP contribution in [0.2, 0.25) is 0 Å². The van der Waals surface area contributed by atoms with Gasteiger partial charge in [-0.2, -0.15) is 0 Å². The lowest BCUT2D eigenvalue weighted by atomic mass is 10.2. The number of carbonyl (C=O) groups excluding carboxylic acids is 1. The Bertz CT molecular complexity index is 434. The summed E-state index contributed by atoms with van der Waals surface area (Å²) in [6, 6.07) is 5.66. The highest BCUT2D eigenvalue weighted by molar-refractivity contribution is 5.71. The Kier molecular flexibility index (Phi) is 8.28. The maximum absolute atomic E-state index is 11.5. The van der Waals surface area contributed by atoms with Crippen molar-refractivity contribution in [2.45, 2.75) is 33.2 Å². The number of unbranched alkanes of at least 4 members (excludes halogenated alkanes) is 1. The first-order chi connectivity index (χ1) is 10.2. The van der Waals surface area contributed by atoms with Crippen LogP contribution in [0.25, 0.3) is 0 Å². The van der Waals surface area contributed by atoms with Crippen LogP contribution in [0.3, 0.4) is 0 Å². The number of hydrogen-bond acceptors (Lipinski definition) is 5. The molecule has 0 bridgehead atoms. The summed E-state index contributed by atoms with van der Waals surface area (Å²) in [5.74, 6) is 0.805. The van der Waals surface area contributed by atoms with Gasteiger partial charge < -0.3 is 19.5 Å². The molecular formula is C16H25NO4. The summed E-state index contributed by atoms with van der Waals surface area (Å²) in [4.78, 5) is 11.5. The van der Waals surface area contributed by atoms with Gasteiger partial charge in [0.05, 0.1) is 13.7 Å². The highest BCUT2D eigenvalue weighted by Crippen LogP contribution is 2.28. The zero-order valence-corrected chi connectivity index (χ0v) is 13.1. The van der Waals surface area contributed by atoms with E-state index in [-0.39, 0.29) is 12.6 Å². The summed E-state index contributed by atoms with van der Waals surface area (Å²) >= 11 is 0. The van der Waals surface area contributed by atoms with Gasteiger partial charge in [0.25, 0.3) is 0 Å². The van der Waals surface area contributed by atoms with Gasteiger partial charge in [-0.15, -0.1) is 0 Å². The van der Waals surface area contributed by atoms with Crippen LogP contribution in [0.1, 0.15) is 32.3 Å². The highest BCUT2D eigenvalue weighted by Gasteiger charge is 2.09. The van der Waals surface area contributed by atoms with E-state index >= 15 is 0 Å². The predicted octanol–water partition coefficient (Wildman–Crippen LogP) is 2.53. The molecule has 0 unspecified atom stereocenters. The van der Waals surface area contributed by atoms with Gasteiger partial charge in [0.1, 0.15) is 0 Å². The molecule has 1 aromatic carbocycles. The third kappa shape index (κ3) is 6.49. The molecule has 0 aliphatic carbocycles. The second kappa shape index (κ2) is 10.0. The van der Waals surface area contributed by atoms with Gasteiger partial charge in [0.15, 0.2) is 18.1 Å². The average Bonchev–Trinajstić information content (AvgIpc) is 2.51. The Hall–Kier alpha value is -1.75. The van der Waals surface area contributed by atoms with E-state index < -0.39 is 0 Å². The minimum atomic E-state index is -0.359. The first-order valence-corrected chi connectivity index (χ1v) is 7.37. The van der Waals surface area contributed by atoms with Crippen molar-refractivity contribution in [1.29, 1.82) is 0 Å². The Morgan fingerprint density at radius 3 is 2.71 bits per heavy atom. The monoisotopic (exact) mass is 295 g/mol. The zero-order valence-electron chi connectivity index (χ0n) is 13.1. The minimum Gasteiger partial charge on any atom is -0.493 e. The van der Waals surface area contributed by atoms with Crippen LogP contribution in [0, 0.1) is 0 Å². The molecule has 0 atom stereocenters. The summed E-state index contributed by atoms with van der Waals surface area (Å²) in [6.45, 7) is 6.11. The number of hydrogen-bond donors (Lipinski definition) is 1. The standard InChI is InChI=1S/C16H25NO4/c1-4-6-9-20-16(18)12-21-14-8-7-13(11-17-5-2)10-15(14)19-3/h7-8,10,17H,4-6,9,11-12H2,1-3H3. The SMILES string of the molecule is CCCCOC(=O)COc1ccc(CNCC)cc1OC. The molecule has 0 aromatic heterocycles. The van der Waals surface area contributed by atoms with Gasteiger partial charge in [-0.25, -0.2) is 4.79 Å². The topological polar surface area (TPSA) is 56.8 Å². The molecule has 0 aliphatic rings. The third-order valence-corrected chi connectivity index (χ3v) is 2.91. The quantitative estimate of drug-likeness (QED) is 0.531. The predicted molar refractivity (Wildman–Crippen MR) is 81.7 cm³/mol. The smallest absolute Gasteiger partial charge is 0.344 e. The number of benzene rings is 1. The first kappa shape index (κ1) is 17.3. The summed E-state index contributed by atoms with van der Waals surface area (Å²) in [6.07, 6.45) is 1.86. The van der Waals surface area contributed by atoms with E-state index in [1.165, 1.54) is 0 Å². The van der Waals surface area contributed by atoms with E-state index in [1.807, 2.05) is 25.1 Å². The summed E-state index contributed by atoms with van der Waals surface area (Å²) in [5.41, 5.74) is 1.10. The molecule has 0 spiro atoms. The fraction of sp³-hybridized carbons (Fsp3) is 0.562. The average molecular weight is 295 g/mol. The lowest BCUT2D eigenvalue weighted by molar-refractivity contribution is -0.146. The van der Waals surface area contributed by atoms with Crippen molar-refractivity contribution in [2.75, 3.05) is 26.9 Å². The van der Waals surface area contributed by atoms with Gasteiger partial charge in [-0.3, -0.25) is 0 Å². The molecule has 0 saturated heterocycles. The van der Waals surface area contributed by atoms with Crippen LogP contribution in [-0.4, -0.2) is 32.8 Å². The molecule has 21 heavy (non-hydrogen) atoms. The molecule has 1 rings (SSSR count). The Morgan fingerprint density at radius 2 is 2.05 bits per heavy atom. The molecule has 0 radical (unpaired) electrons. The minimum absolute atomic E-state index is 0.105. The van der Waals surface area contributed by atoms with Crippen LogP contribution in [0.4, 0.5) is 0 Å². The molecule has 0 amide bonds. The Balaban J connectivity index is 2.52. The number of ether oxygens (including phenoxy) is 3. The number of nitrogens with one attached hydrogen (secondary N) is 1. The van der Waals surface area contributed by atoms with Crippen molar-refractivity contribution in [2.24, 2.45) is 0 Å². The fourth-order valence-electron chi connectivity index (χ4n) is 1.72. The maximum Gasteiger partial charge on any atom is 0.344 e. The van der Waals surface area contributed by atoms with Gasteiger partial charge in [-0.1, -0.05) is 26.3 Å². The van der Waals surface area contributed by atoms with Crippen molar-refractivity contribution in [3.63, 3.8) is 0 Å². The van der Waals surface area contributed by atoms with E-state index in [2.05, 4.69) is 12.2 Å². The van der Waals surface area contributed by atoms with E-state index in [0.717, 1.165) is 31.5 Å². The molecule has 0 saturated carbocycles. The van der Waals surface area contributed by atoms with Crippen LogP contribution in [0.5, 0.6) is 11.5 Å². The molecule has 0 heterocycles. The molecule has 1 N–H and O–H groups in total. The van der Waals surface area contributed by atoms with Crippen molar-refractivity contribution >= 4 is 5.97 Å². The Morgan fingerprint density at radius 1 is 1.24 bits per heavy atom. The van der Waals surface area contributed by atoms with E-state index in [1.54, 1.807) is 7.11 Å². The number of carbonyl (C=O) groups is 1. The molecule has 118 valence electrons. The number of rotatable bonds is 10. The normalized spacial score (nSPS) is 10.2. The second-order valence-corrected chi connectivity index (χ2v) is 4.63. The summed E-state index contributed by atoms with van der Waals surface area (Å²) in [5, 5.41) is 3.24.